The molecule has 0 saturated carbocycles. The number of carbonyl (C=O) groups is 1. The molecule has 5 heteroatoms. The van der Waals surface area contributed by atoms with Crippen LogP contribution in [0.25, 0.3) is 22.5 Å². The molecule has 1 N–H and O–H groups in total. The number of hydrogen-bond acceptors (Lipinski definition) is 4. The molecule has 0 bridgehead atoms. The van der Waals surface area contributed by atoms with Crippen LogP contribution < -0.4 is 10.1 Å². The van der Waals surface area contributed by atoms with Crippen LogP contribution in [0, 0.1) is 11.3 Å². The summed E-state index contributed by atoms with van der Waals surface area (Å²) in [6.45, 7) is 0. The van der Waals surface area contributed by atoms with E-state index in [4.69, 9.17) is 15.0 Å². The van der Waals surface area contributed by atoms with Crippen molar-refractivity contribution >= 4 is 11.6 Å². The van der Waals surface area contributed by atoms with Gasteiger partial charge in [0.05, 0.1) is 30.1 Å². The van der Waals surface area contributed by atoms with Gasteiger partial charge in [0.2, 0.25) is 0 Å². The number of nitrogens with zero attached hydrogens (tertiary/aromatic N) is 2. The van der Waals surface area contributed by atoms with Gasteiger partial charge in [-0.3, -0.25) is 4.79 Å². The third-order valence-corrected chi connectivity index (χ3v) is 4.83. The van der Waals surface area contributed by atoms with Crippen LogP contribution in [0.2, 0.25) is 0 Å². The summed E-state index contributed by atoms with van der Waals surface area (Å²) in [4.78, 5) is 17.2. The maximum absolute atomic E-state index is 12.4. The molecule has 0 unspecified atom stereocenters. The normalized spacial score (nSPS) is 10.2. The molecule has 1 aromatic heterocycles. The molecule has 5 nitrogen and oxygen atoms in total. The standard InChI is InChI=1S/C26H19N3O2/c1-31-23-14-10-20(11-15-23)25-7-3-6-24(29-25)19-8-12-22(13-9-19)28-26(30)21-5-2-4-18(16-21)17-27/h2-16H,1H3,(H,28,30). The van der Waals surface area contributed by atoms with Gasteiger partial charge in [-0.1, -0.05) is 24.3 Å². The zero-order valence-corrected chi connectivity index (χ0v) is 16.9. The van der Waals surface area contributed by atoms with Crippen molar-refractivity contribution in [1.29, 1.82) is 5.26 Å². The van der Waals surface area contributed by atoms with Gasteiger partial charge in [-0.25, -0.2) is 4.98 Å². The van der Waals surface area contributed by atoms with E-state index in [0.29, 0.717) is 16.8 Å². The highest BCUT2D eigenvalue weighted by Gasteiger charge is 2.08. The molecule has 0 aliphatic heterocycles. The lowest BCUT2D eigenvalue weighted by molar-refractivity contribution is 0.102. The van der Waals surface area contributed by atoms with Gasteiger partial charge in [-0.05, 0) is 66.7 Å². The summed E-state index contributed by atoms with van der Waals surface area (Å²) >= 11 is 0. The first-order valence-corrected chi connectivity index (χ1v) is 9.70. The Morgan fingerprint density at radius 1 is 0.871 bits per heavy atom. The average Bonchev–Trinajstić information content (AvgIpc) is 2.84. The molecule has 0 aliphatic rings. The number of nitriles is 1. The Hall–Kier alpha value is -4.43. The Labute approximate surface area is 180 Å². The number of anilines is 1. The molecule has 0 saturated heterocycles. The highest BCUT2D eigenvalue weighted by atomic mass is 16.5. The second-order valence-electron chi connectivity index (χ2n) is 6.86. The van der Waals surface area contributed by atoms with E-state index in [2.05, 4.69) is 5.32 Å². The first-order valence-electron chi connectivity index (χ1n) is 9.70. The van der Waals surface area contributed by atoms with Gasteiger partial charge in [0.25, 0.3) is 5.91 Å². The maximum Gasteiger partial charge on any atom is 0.255 e. The van der Waals surface area contributed by atoms with Crippen LogP contribution in [0.1, 0.15) is 15.9 Å². The lowest BCUT2D eigenvalue weighted by Gasteiger charge is -2.08. The van der Waals surface area contributed by atoms with Gasteiger partial charge in [0.15, 0.2) is 0 Å². The van der Waals surface area contributed by atoms with Gasteiger partial charge >= 0.3 is 0 Å². The summed E-state index contributed by atoms with van der Waals surface area (Å²) in [5, 5.41) is 11.9. The van der Waals surface area contributed by atoms with E-state index in [-0.39, 0.29) is 5.91 Å². The van der Waals surface area contributed by atoms with Crippen molar-refractivity contribution in [3.8, 4) is 34.3 Å². The number of amides is 1. The van der Waals surface area contributed by atoms with E-state index in [1.807, 2.05) is 72.8 Å². The van der Waals surface area contributed by atoms with E-state index >= 15 is 0 Å². The van der Waals surface area contributed by atoms with E-state index in [1.54, 1.807) is 31.4 Å². The minimum absolute atomic E-state index is 0.260. The molecule has 3 aromatic carbocycles. The fraction of sp³-hybridized carbons (Fsp3) is 0.0385. The Kier molecular flexibility index (Phi) is 5.72. The number of rotatable bonds is 5. The van der Waals surface area contributed by atoms with Crippen molar-refractivity contribution in [1.82, 2.24) is 4.98 Å². The van der Waals surface area contributed by atoms with Crippen LogP contribution >= 0.6 is 0 Å². The number of hydrogen-bond donors (Lipinski definition) is 1. The Bertz CT molecular complexity index is 1260. The molecule has 0 spiro atoms. The molecule has 0 atom stereocenters. The lowest BCUT2D eigenvalue weighted by Crippen LogP contribution is -2.11. The Morgan fingerprint density at radius 3 is 2.10 bits per heavy atom. The number of ether oxygens (including phenoxy) is 1. The topological polar surface area (TPSA) is 75.0 Å². The molecule has 31 heavy (non-hydrogen) atoms. The largest absolute Gasteiger partial charge is 0.497 e. The molecule has 4 aromatic rings. The smallest absolute Gasteiger partial charge is 0.255 e. The minimum Gasteiger partial charge on any atom is -0.497 e. The predicted octanol–water partition coefficient (Wildman–Crippen LogP) is 5.55. The maximum atomic E-state index is 12.4. The van der Waals surface area contributed by atoms with E-state index in [1.165, 1.54) is 0 Å². The van der Waals surface area contributed by atoms with Gasteiger partial charge in [-0.15, -0.1) is 0 Å². The first-order chi connectivity index (χ1) is 15.2. The van der Waals surface area contributed by atoms with E-state index < -0.39 is 0 Å². The monoisotopic (exact) mass is 405 g/mol. The quantitative estimate of drug-likeness (QED) is 0.472. The SMILES string of the molecule is COc1ccc(-c2cccc(-c3ccc(NC(=O)c4cccc(C#N)c4)cc3)n2)cc1. The predicted molar refractivity (Wildman–Crippen MR) is 121 cm³/mol. The number of pyridine rings is 1. The highest BCUT2D eigenvalue weighted by Crippen LogP contribution is 2.25. The zero-order chi connectivity index (χ0) is 21.6. The molecule has 0 aliphatic carbocycles. The average molecular weight is 405 g/mol. The van der Waals surface area contributed by atoms with Crippen LogP contribution in [0.15, 0.2) is 91.0 Å². The zero-order valence-electron chi connectivity index (χ0n) is 16.9. The fourth-order valence-electron chi connectivity index (χ4n) is 3.18. The molecular formula is C26H19N3O2. The Morgan fingerprint density at radius 2 is 1.48 bits per heavy atom. The number of carbonyl (C=O) groups excluding carboxylic acids is 1. The molecule has 0 fully saturated rings. The summed E-state index contributed by atoms with van der Waals surface area (Å²) in [5.41, 5.74) is 5.22. The van der Waals surface area contributed by atoms with E-state index in [0.717, 1.165) is 28.3 Å². The summed E-state index contributed by atoms with van der Waals surface area (Å²) < 4.78 is 5.21. The first kappa shape index (κ1) is 19.9. The number of benzene rings is 3. The molecule has 150 valence electrons. The van der Waals surface area contributed by atoms with Crippen LogP contribution in [0.4, 0.5) is 5.69 Å². The van der Waals surface area contributed by atoms with Crippen LogP contribution in [-0.4, -0.2) is 18.0 Å². The molecular weight excluding hydrogens is 386 g/mol. The third kappa shape index (κ3) is 4.60. The molecule has 1 amide bonds. The number of methoxy groups -OCH3 is 1. The summed E-state index contributed by atoms with van der Waals surface area (Å²) in [6.07, 6.45) is 0. The summed E-state index contributed by atoms with van der Waals surface area (Å²) in [5.74, 6) is 0.543. The summed E-state index contributed by atoms with van der Waals surface area (Å²) in [6, 6.07) is 29.8. The van der Waals surface area contributed by atoms with Crippen LogP contribution in [0.3, 0.4) is 0 Å². The van der Waals surface area contributed by atoms with Gasteiger partial charge < -0.3 is 10.1 Å². The second-order valence-corrected chi connectivity index (χ2v) is 6.86. The fourth-order valence-corrected chi connectivity index (χ4v) is 3.18. The molecule has 0 radical (unpaired) electrons. The molecule has 4 rings (SSSR count). The lowest BCUT2D eigenvalue weighted by atomic mass is 10.1. The third-order valence-electron chi connectivity index (χ3n) is 4.83. The van der Waals surface area contributed by atoms with Crippen molar-refractivity contribution < 1.29 is 9.53 Å². The van der Waals surface area contributed by atoms with Gasteiger partial charge in [0, 0.05) is 22.4 Å². The van der Waals surface area contributed by atoms with Crippen molar-refractivity contribution in [2.45, 2.75) is 0 Å². The number of aromatic nitrogens is 1. The van der Waals surface area contributed by atoms with Crippen molar-refractivity contribution in [2.24, 2.45) is 0 Å². The second kappa shape index (κ2) is 8.93. The van der Waals surface area contributed by atoms with Crippen molar-refractivity contribution in [3.05, 3.63) is 102 Å². The van der Waals surface area contributed by atoms with Crippen LogP contribution in [-0.2, 0) is 0 Å². The van der Waals surface area contributed by atoms with Crippen LogP contribution in [0.5, 0.6) is 5.75 Å². The van der Waals surface area contributed by atoms with Crippen molar-refractivity contribution in [3.63, 3.8) is 0 Å². The van der Waals surface area contributed by atoms with Gasteiger partial charge in [-0.2, -0.15) is 5.26 Å². The number of nitrogens with one attached hydrogen (secondary N) is 1. The summed E-state index contributed by atoms with van der Waals surface area (Å²) in [7, 11) is 1.64. The van der Waals surface area contributed by atoms with E-state index in [9.17, 15) is 4.79 Å². The molecule has 1 heterocycles. The highest BCUT2D eigenvalue weighted by molar-refractivity contribution is 6.04. The Balaban J connectivity index is 1.51. The van der Waals surface area contributed by atoms with Crippen molar-refractivity contribution in [2.75, 3.05) is 12.4 Å². The minimum atomic E-state index is -0.260. The van der Waals surface area contributed by atoms with Gasteiger partial charge in [0.1, 0.15) is 5.75 Å².